The molecular weight excluding hydrogens is 521 g/mol. The first-order valence-electron chi connectivity index (χ1n) is 13.4. The average Bonchev–Trinajstić information content (AvgIpc) is 3.71. The number of piperidine rings is 1. The Balaban J connectivity index is 1.33. The highest BCUT2D eigenvalue weighted by Gasteiger charge is 2.45. The second-order valence-corrected chi connectivity index (χ2v) is 11.2. The third kappa shape index (κ3) is 5.71. The maximum Gasteiger partial charge on any atom is 0.573 e. The second-order valence-electron chi connectivity index (χ2n) is 11.2. The number of ether oxygens (including phenoxy) is 2. The fraction of sp³-hybridized carbons (Fsp3) is 0.552. The van der Waals surface area contributed by atoms with Gasteiger partial charge in [0.25, 0.3) is 0 Å². The van der Waals surface area contributed by atoms with Gasteiger partial charge in [-0.25, -0.2) is 8.78 Å². The lowest BCUT2D eigenvalue weighted by Gasteiger charge is -2.46. The van der Waals surface area contributed by atoms with Crippen molar-refractivity contribution in [1.29, 1.82) is 0 Å². The zero-order valence-electron chi connectivity index (χ0n) is 21.9. The van der Waals surface area contributed by atoms with Crippen molar-refractivity contribution >= 4 is 5.97 Å². The number of carboxylic acids is 1. The molecule has 10 heteroatoms. The highest BCUT2D eigenvalue weighted by atomic mass is 19.4. The van der Waals surface area contributed by atoms with Crippen molar-refractivity contribution in [3.63, 3.8) is 0 Å². The minimum Gasteiger partial charge on any atom is -0.484 e. The normalized spacial score (nSPS) is 21.5. The van der Waals surface area contributed by atoms with E-state index in [0.717, 1.165) is 36.6 Å². The summed E-state index contributed by atoms with van der Waals surface area (Å²) in [5.41, 5.74) is 0.609. The fourth-order valence-electron chi connectivity index (χ4n) is 6.28. The Kier molecular flexibility index (Phi) is 7.28. The Bertz CT molecular complexity index is 1240. The van der Waals surface area contributed by atoms with E-state index >= 15 is 4.39 Å². The number of aliphatic carboxylic acids is 1. The molecule has 2 aromatic rings. The van der Waals surface area contributed by atoms with E-state index in [9.17, 15) is 27.5 Å². The smallest absolute Gasteiger partial charge is 0.484 e. The van der Waals surface area contributed by atoms with Gasteiger partial charge in [0.05, 0.1) is 5.92 Å². The van der Waals surface area contributed by atoms with Crippen molar-refractivity contribution in [1.82, 2.24) is 4.90 Å². The zero-order valence-corrected chi connectivity index (χ0v) is 21.9. The van der Waals surface area contributed by atoms with Crippen LogP contribution < -0.4 is 9.47 Å². The summed E-state index contributed by atoms with van der Waals surface area (Å²) in [5.74, 6) is -3.34. The summed E-state index contributed by atoms with van der Waals surface area (Å²) in [6, 6.07) is 5.99. The zero-order chi connectivity index (χ0) is 28.1. The molecule has 0 aromatic heterocycles. The van der Waals surface area contributed by atoms with Crippen LogP contribution in [0.5, 0.6) is 11.5 Å². The van der Waals surface area contributed by atoms with Gasteiger partial charge in [0.2, 0.25) is 0 Å². The fourth-order valence-corrected chi connectivity index (χ4v) is 6.28. The summed E-state index contributed by atoms with van der Waals surface area (Å²) < 4.78 is 79.2. The predicted octanol–water partition coefficient (Wildman–Crippen LogP) is 7.00. The third-order valence-corrected chi connectivity index (χ3v) is 8.70. The van der Waals surface area contributed by atoms with Crippen molar-refractivity contribution in [3.05, 3.63) is 58.7 Å². The molecule has 0 amide bonds. The van der Waals surface area contributed by atoms with Crippen molar-refractivity contribution in [3.8, 4) is 11.5 Å². The number of benzene rings is 2. The van der Waals surface area contributed by atoms with Crippen molar-refractivity contribution in [2.75, 3.05) is 13.1 Å². The van der Waals surface area contributed by atoms with Crippen molar-refractivity contribution in [2.45, 2.75) is 76.3 Å². The van der Waals surface area contributed by atoms with E-state index in [4.69, 9.17) is 4.74 Å². The van der Waals surface area contributed by atoms with Crippen LogP contribution in [0.1, 0.15) is 74.6 Å². The van der Waals surface area contributed by atoms with Crippen LogP contribution >= 0.6 is 0 Å². The quantitative estimate of drug-likeness (QED) is 0.374. The molecule has 2 aromatic carbocycles. The van der Waals surface area contributed by atoms with Gasteiger partial charge in [0.1, 0.15) is 17.2 Å². The van der Waals surface area contributed by atoms with Crippen LogP contribution in [0.2, 0.25) is 0 Å². The molecular formula is C29H32F5NO4. The van der Waals surface area contributed by atoms with E-state index in [-0.39, 0.29) is 17.2 Å². The molecule has 1 spiro atoms. The summed E-state index contributed by atoms with van der Waals surface area (Å²) >= 11 is 0. The third-order valence-electron chi connectivity index (χ3n) is 8.70. The summed E-state index contributed by atoms with van der Waals surface area (Å²) in [6.45, 7) is 4.24. The molecule has 3 atom stereocenters. The molecule has 5 rings (SSSR count). The Hall–Kier alpha value is -2.88. The lowest BCUT2D eigenvalue weighted by molar-refractivity contribution is -0.275. The SMILES string of the molecule is CC(c1cc(F)ccc1OC(F)(F)F)N1CCC2(CCc3ccc(C(C4CC4)[C@H](C)C(=O)O)c(F)c3O2)CC1. The van der Waals surface area contributed by atoms with Crippen LogP contribution in [0.4, 0.5) is 22.0 Å². The summed E-state index contributed by atoms with van der Waals surface area (Å²) in [6.07, 6.45) is -0.840. The molecule has 2 unspecified atom stereocenters. The number of carbonyl (C=O) groups is 1. The molecule has 3 aliphatic rings. The van der Waals surface area contributed by atoms with Crippen LogP contribution in [-0.4, -0.2) is 41.0 Å². The number of nitrogens with zero attached hydrogens (tertiary/aromatic N) is 1. The number of hydrogen-bond acceptors (Lipinski definition) is 4. The standard InChI is InChI=1S/C29H32F5NO4/c1-16(27(36)37)24(18-3-4-18)21-7-5-19-9-10-28(39-26(19)25(21)31)11-13-35(14-12-28)17(2)22-15-20(30)6-8-23(22)38-29(32,33)34/h5-8,15-18,24H,3-4,9-14H2,1-2H3,(H,36,37)/t16-,17?,24?/m0/s1. The van der Waals surface area contributed by atoms with E-state index in [1.165, 1.54) is 0 Å². The number of carboxylic acid groups (broad SMARTS) is 1. The molecule has 5 nitrogen and oxygen atoms in total. The van der Waals surface area contributed by atoms with E-state index < -0.39 is 53.2 Å². The van der Waals surface area contributed by atoms with E-state index in [0.29, 0.717) is 44.3 Å². The van der Waals surface area contributed by atoms with Gasteiger partial charge < -0.3 is 14.6 Å². The molecule has 1 saturated heterocycles. The molecule has 39 heavy (non-hydrogen) atoms. The maximum absolute atomic E-state index is 15.9. The number of alkyl halides is 3. The molecule has 2 heterocycles. The minimum absolute atomic E-state index is 0.104. The van der Waals surface area contributed by atoms with Crippen LogP contribution in [0.25, 0.3) is 0 Å². The maximum atomic E-state index is 15.9. The van der Waals surface area contributed by atoms with Gasteiger partial charge in [0.15, 0.2) is 11.6 Å². The number of halogens is 5. The molecule has 0 radical (unpaired) electrons. The van der Waals surface area contributed by atoms with Gasteiger partial charge in [-0.15, -0.1) is 13.2 Å². The molecule has 0 bridgehead atoms. The first-order valence-corrected chi connectivity index (χ1v) is 13.4. The van der Waals surface area contributed by atoms with Gasteiger partial charge in [-0.05, 0) is 80.7 Å². The van der Waals surface area contributed by atoms with Gasteiger partial charge in [-0.3, -0.25) is 9.69 Å². The lowest BCUT2D eigenvalue weighted by Crippen LogP contribution is -2.50. The topological polar surface area (TPSA) is 59.0 Å². The Labute approximate surface area is 223 Å². The largest absolute Gasteiger partial charge is 0.573 e. The molecule has 2 fully saturated rings. The van der Waals surface area contributed by atoms with E-state index in [1.807, 2.05) is 11.0 Å². The first kappa shape index (κ1) is 27.7. The van der Waals surface area contributed by atoms with Crippen molar-refractivity contribution < 1.29 is 41.3 Å². The van der Waals surface area contributed by atoms with Crippen LogP contribution in [0, 0.1) is 23.5 Å². The summed E-state index contributed by atoms with van der Waals surface area (Å²) in [7, 11) is 0. The first-order chi connectivity index (χ1) is 18.4. The number of aryl methyl sites for hydroxylation is 1. The summed E-state index contributed by atoms with van der Waals surface area (Å²) in [4.78, 5) is 13.7. The van der Waals surface area contributed by atoms with Gasteiger partial charge in [-0.1, -0.05) is 19.1 Å². The van der Waals surface area contributed by atoms with Crippen LogP contribution in [0.3, 0.4) is 0 Å². The highest BCUT2D eigenvalue weighted by Crippen LogP contribution is 2.50. The molecule has 1 aliphatic carbocycles. The summed E-state index contributed by atoms with van der Waals surface area (Å²) in [5, 5.41) is 9.62. The van der Waals surface area contributed by atoms with Crippen LogP contribution in [-0.2, 0) is 11.2 Å². The number of hydrogen-bond donors (Lipinski definition) is 1. The number of rotatable bonds is 7. The monoisotopic (exact) mass is 553 g/mol. The second kappa shape index (κ2) is 10.3. The van der Waals surface area contributed by atoms with Crippen molar-refractivity contribution in [2.24, 2.45) is 11.8 Å². The van der Waals surface area contributed by atoms with Gasteiger partial charge >= 0.3 is 12.3 Å². The average molecular weight is 554 g/mol. The van der Waals surface area contributed by atoms with E-state index in [2.05, 4.69) is 4.74 Å². The number of fused-ring (bicyclic) bond motifs is 1. The molecule has 1 N–H and O–H groups in total. The number of likely N-dealkylation sites (tertiary alicyclic amines) is 1. The van der Waals surface area contributed by atoms with Gasteiger partial charge in [-0.2, -0.15) is 0 Å². The Morgan fingerprint density at radius 3 is 2.38 bits per heavy atom. The Morgan fingerprint density at radius 1 is 1.08 bits per heavy atom. The molecule has 212 valence electrons. The molecule has 2 aliphatic heterocycles. The highest BCUT2D eigenvalue weighted by molar-refractivity contribution is 5.71. The molecule has 1 saturated carbocycles. The van der Waals surface area contributed by atoms with E-state index in [1.54, 1.807) is 19.9 Å². The predicted molar refractivity (Wildman–Crippen MR) is 133 cm³/mol. The van der Waals surface area contributed by atoms with Crippen LogP contribution in [0.15, 0.2) is 30.3 Å². The van der Waals surface area contributed by atoms with Gasteiger partial charge in [0, 0.05) is 30.6 Å². The lowest BCUT2D eigenvalue weighted by atomic mass is 9.79. The minimum atomic E-state index is -4.90. The Morgan fingerprint density at radius 2 is 1.77 bits per heavy atom.